The molecule has 0 amide bonds. The van der Waals surface area contributed by atoms with Gasteiger partial charge in [0.05, 0.1) is 20.6 Å². The Kier molecular flexibility index (Phi) is 4.20. The first kappa shape index (κ1) is 14.4. The molecule has 2 aromatic rings. The molecule has 0 aliphatic carbocycles. The highest BCUT2D eigenvalue weighted by Crippen LogP contribution is 2.27. The quantitative estimate of drug-likeness (QED) is 0.866. The van der Waals surface area contributed by atoms with Crippen molar-refractivity contribution in [3.63, 3.8) is 0 Å². The van der Waals surface area contributed by atoms with Crippen molar-refractivity contribution in [2.24, 2.45) is 0 Å². The van der Waals surface area contributed by atoms with Crippen molar-refractivity contribution in [2.75, 3.05) is 4.72 Å². The van der Waals surface area contributed by atoms with E-state index in [-0.39, 0.29) is 25.8 Å². The highest BCUT2D eigenvalue weighted by atomic mass is 35.5. The zero-order chi connectivity index (χ0) is 14.0. The lowest BCUT2D eigenvalue weighted by molar-refractivity contribution is 0.601. The molecule has 0 unspecified atom stereocenters. The van der Waals surface area contributed by atoms with Crippen LogP contribution in [0.25, 0.3) is 0 Å². The van der Waals surface area contributed by atoms with Crippen LogP contribution < -0.4 is 4.72 Å². The van der Waals surface area contributed by atoms with Gasteiger partial charge >= 0.3 is 0 Å². The Morgan fingerprint density at radius 3 is 2.42 bits per heavy atom. The summed E-state index contributed by atoms with van der Waals surface area (Å²) in [5.74, 6) is 0. The molecular weight excluding hydrogens is 331 g/mol. The smallest absolute Gasteiger partial charge is 0.262 e. The fraction of sp³-hybridized carbons (Fsp3) is 0. The van der Waals surface area contributed by atoms with E-state index in [4.69, 9.17) is 34.8 Å². The summed E-state index contributed by atoms with van der Waals surface area (Å²) < 4.78 is 26.6. The lowest BCUT2D eigenvalue weighted by atomic mass is 10.4. The summed E-state index contributed by atoms with van der Waals surface area (Å²) in [6.45, 7) is 0. The molecule has 0 atom stereocenters. The number of nitrogens with one attached hydrogen (secondary N) is 1. The average Bonchev–Trinajstić information content (AvgIpc) is 2.35. The molecule has 0 saturated heterocycles. The molecule has 0 aliphatic heterocycles. The van der Waals surface area contributed by atoms with Gasteiger partial charge in [-0.2, -0.15) is 0 Å². The third kappa shape index (κ3) is 3.30. The average molecular weight is 338 g/mol. The number of nitrogens with zero attached hydrogens (tertiary/aromatic N) is 1. The van der Waals surface area contributed by atoms with Gasteiger partial charge in [0.15, 0.2) is 5.15 Å². The van der Waals surface area contributed by atoms with E-state index >= 15 is 0 Å². The first-order valence-electron chi connectivity index (χ1n) is 4.98. The monoisotopic (exact) mass is 336 g/mol. The topological polar surface area (TPSA) is 59.1 Å². The van der Waals surface area contributed by atoms with E-state index in [1.54, 1.807) is 6.07 Å². The van der Waals surface area contributed by atoms with Crippen LogP contribution in [0.4, 0.5) is 5.69 Å². The first-order chi connectivity index (χ1) is 8.90. The Labute approximate surface area is 125 Å². The zero-order valence-electron chi connectivity index (χ0n) is 9.27. The van der Waals surface area contributed by atoms with Crippen LogP contribution in [0.2, 0.25) is 15.2 Å². The fourth-order valence-electron chi connectivity index (χ4n) is 1.31. The fourth-order valence-corrected chi connectivity index (χ4v) is 2.99. The first-order valence-corrected chi connectivity index (χ1v) is 7.60. The molecule has 2 rings (SSSR count). The molecule has 19 heavy (non-hydrogen) atoms. The second-order valence-electron chi connectivity index (χ2n) is 3.52. The highest BCUT2D eigenvalue weighted by Gasteiger charge is 2.17. The summed E-state index contributed by atoms with van der Waals surface area (Å²) in [5.41, 5.74) is 0.190. The van der Waals surface area contributed by atoms with Crippen molar-refractivity contribution in [3.8, 4) is 0 Å². The lowest BCUT2D eigenvalue weighted by Crippen LogP contribution is -2.13. The normalized spacial score (nSPS) is 11.3. The summed E-state index contributed by atoms with van der Waals surface area (Å²) in [5, 5.41) is 0.494. The predicted octanol–water partition coefficient (Wildman–Crippen LogP) is 3.84. The van der Waals surface area contributed by atoms with Crippen molar-refractivity contribution >= 4 is 50.5 Å². The predicted molar refractivity (Wildman–Crippen MR) is 76.5 cm³/mol. The lowest BCUT2D eigenvalue weighted by Gasteiger charge is -2.09. The molecule has 0 saturated carbocycles. The summed E-state index contributed by atoms with van der Waals surface area (Å²) in [4.78, 5) is 3.77. The Morgan fingerprint density at radius 1 is 1.05 bits per heavy atom. The van der Waals surface area contributed by atoms with Gasteiger partial charge in [-0.25, -0.2) is 13.4 Å². The third-order valence-electron chi connectivity index (χ3n) is 2.20. The Morgan fingerprint density at radius 2 is 1.79 bits per heavy atom. The standard InChI is InChI=1S/C11H7Cl3N2O2S/c12-8-4-3-7(6-9(8)13)19(17,18)16-10-2-1-5-15-11(10)14/h1-6,16H. The Balaban J connectivity index is 2.38. The van der Waals surface area contributed by atoms with E-state index < -0.39 is 10.0 Å². The van der Waals surface area contributed by atoms with Crippen LogP contribution in [0.5, 0.6) is 0 Å². The number of hydrogen-bond donors (Lipinski definition) is 1. The van der Waals surface area contributed by atoms with Crippen molar-refractivity contribution in [3.05, 3.63) is 51.7 Å². The number of pyridine rings is 1. The van der Waals surface area contributed by atoms with Crippen LogP contribution in [0.3, 0.4) is 0 Å². The summed E-state index contributed by atoms with van der Waals surface area (Å²) in [7, 11) is -3.79. The van der Waals surface area contributed by atoms with Crippen molar-refractivity contribution in [2.45, 2.75) is 4.90 Å². The largest absolute Gasteiger partial charge is 0.276 e. The summed E-state index contributed by atoms with van der Waals surface area (Å²) >= 11 is 17.3. The van der Waals surface area contributed by atoms with Crippen LogP contribution in [0.15, 0.2) is 41.4 Å². The zero-order valence-corrected chi connectivity index (χ0v) is 12.4. The van der Waals surface area contributed by atoms with Crippen molar-refractivity contribution < 1.29 is 8.42 Å². The molecule has 0 radical (unpaired) electrons. The van der Waals surface area contributed by atoms with E-state index in [2.05, 4.69) is 9.71 Å². The van der Waals surface area contributed by atoms with Crippen LogP contribution >= 0.6 is 34.8 Å². The number of sulfonamides is 1. The molecule has 4 nitrogen and oxygen atoms in total. The van der Waals surface area contributed by atoms with Crippen LogP contribution in [0, 0.1) is 0 Å². The van der Waals surface area contributed by atoms with Gasteiger partial charge in [0.2, 0.25) is 0 Å². The van der Waals surface area contributed by atoms with Gasteiger partial charge in [-0.05, 0) is 30.3 Å². The number of aromatic nitrogens is 1. The van der Waals surface area contributed by atoms with Gasteiger partial charge in [-0.3, -0.25) is 4.72 Å². The van der Waals surface area contributed by atoms with Gasteiger partial charge < -0.3 is 0 Å². The maximum Gasteiger partial charge on any atom is 0.262 e. The van der Waals surface area contributed by atoms with Gasteiger partial charge in [0.25, 0.3) is 10.0 Å². The second-order valence-corrected chi connectivity index (χ2v) is 6.38. The van der Waals surface area contributed by atoms with E-state index in [1.807, 2.05) is 0 Å². The maximum atomic E-state index is 12.1. The van der Waals surface area contributed by atoms with Crippen molar-refractivity contribution in [1.82, 2.24) is 4.98 Å². The van der Waals surface area contributed by atoms with Gasteiger partial charge in [-0.15, -0.1) is 0 Å². The maximum absolute atomic E-state index is 12.1. The van der Waals surface area contributed by atoms with E-state index in [9.17, 15) is 8.42 Å². The molecule has 100 valence electrons. The van der Waals surface area contributed by atoms with E-state index in [1.165, 1.54) is 30.5 Å². The summed E-state index contributed by atoms with van der Waals surface area (Å²) in [6, 6.07) is 7.09. The molecule has 1 heterocycles. The molecule has 0 spiro atoms. The van der Waals surface area contributed by atoms with Crippen LogP contribution in [0.1, 0.15) is 0 Å². The highest BCUT2D eigenvalue weighted by molar-refractivity contribution is 7.92. The van der Waals surface area contributed by atoms with Gasteiger partial charge in [0, 0.05) is 6.20 Å². The minimum Gasteiger partial charge on any atom is -0.276 e. The van der Waals surface area contributed by atoms with Crippen LogP contribution in [-0.2, 0) is 10.0 Å². The number of rotatable bonds is 3. The molecule has 0 aliphatic rings. The molecule has 8 heteroatoms. The minimum absolute atomic E-state index is 0.0122. The molecule has 1 N–H and O–H groups in total. The number of hydrogen-bond acceptors (Lipinski definition) is 3. The Hall–Kier alpha value is -1.01. The summed E-state index contributed by atoms with van der Waals surface area (Å²) in [6.07, 6.45) is 1.46. The number of anilines is 1. The molecular formula is C11H7Cl3N2O2S. The molecule has 1 aromatic heterocycles. The van der Waals surface area contributed by atoms with E-state index in [0.29, 0.717) is 0 Å². The number of halogens is 3. The number of benzene rings is 1. The SMILES string of the molecule is O=S(=O)(Nc1cccnc1Cl)c1ccc(Cl)c(Cl)c1. The van der Waals surface area contributed by atoms with Crippen molar-refractivity contribution in [1.29, 1.82) is 0 Å². The molecule has 0 fully saturated rings. The van der Waals surface area contributed by atoms with Gasteiger partial charge in [-0.1, -0.05) is 34.8 Å². The Bertz CT molecular complexity index is 720. The van der Waals surface area contributed by atoms with Crippen LogP contribution in [-0.4, -0.2) is 13.4 Å². The minimum atomic E-state index is -3.79. The van der Waals surface area contributed by atoms with Gasteiger partial charge in [0.1, 0.15) is 0 Å². The molecule has 0 bridgehead atoms. The second kappa shape index (κ2) is 5.54. The molecule has 1 aromatic carbocycles. The third-order valence-corrected chi connectivity index (χ3v) is 4.61. The van der Waals surface area contributed by atoms with E-state index in [0.717, 1.165) is 0 Å².